The lowest BCUT2D eigenvalue weighted by molar-refractivity contribution is -0.298. The van der Waals surface area contributed by atoms with E-state index in [-0.39, 0.29) is 18.9 Å². The molecule has 7 unspecified atom stereocenters. The average Bonchev–Trinajstić information content (AvgIpc) is 3.29. The van der Waals surface area contributed by atoms with Crippen molar-refractivity contribution in [3.8, 4) is 0 Å². The molecule has 1 amide bonds. The Morgan fingerprint density at radius 3 is 1.47 bits per heavy atom. The molecule has 6 N–H and O–H groups in total. The molecule has 1 saturated heterocycles. The van der Waals surface area contributed by atoms with Crippen LogP contribution in [0.2, 0.25) is 0 Å². The Bertz CT molecular complexity index is 1270. The van der Waals surface area contributed by atoms with E-state index in [0.717, 1.165) is 57.8 Å². The normalized spacial score (nSPS) is 20.1. The quantitative estimate of drug-likeness (QED) is 0.0193. The molecule has 66 heavy (non-hydrogen) atoms. The molecule has 0 spiro atoms. The van der Waals surface area contributed by atoms with Gasteiger partial charge < -0.3 is 35.2 Å². The minimum Gasteiger partial charge on any atom is -0.394 e. The third-order valence-electron chi connectivity index (χ3n) is 13.0. The molecule has 0 aliphatic carbocycles. The SMILES string of the molecule is CCCCC/C=C\C/C=C\CCCCCCCCCC(=O)NC(COC1OC(CO)C(O)C(OS(=O)(=O)O)C1O)C(O)CCCCCCCCCCCCCCCCCCCCCCCC. The van der Waals surface area contributed by atoms with Crippen molar-refractivity contribution in [1.82, 2.24) is 5.32 Å². The molecule has 390 valence electrons. The van der Waals surface area contributed by atoms with E-state index in [9.17, 15) is 38.2 Å². The van der Waals surface area contributed by atoms with E-state index in [1.165, 1.54) is 161 Å². The molecule has 1 fully saturated rings. The largest absolute Gasteiger partial charge is 0.397 e. The molecule has 12 nitrogen and oxygen atoms in total. The van der Waals surface area contributed by atoms with Gasteiger partial charge in [0.15, 0.2) is 6.29 Å². The van der Waals surface area contributed by atoms with Crippen molar-refractivity contribution in [3.63, 3.8) is 0 Å². The molecule has 1 aliphatic heterocycles. The Morgan fingerprint density at radius 2 is 1.02 bits per heavy atom. The van der Waals surface area contributed by atoms with Gasteiger partial charge in [-0.3, -0.25) is 9.35 Å². The van der Waals surface area contributed by atoms with Crippen LogP contribution in [0.4, 0.5) is 0 Å². The number of ether oxygens (including phenoxy) is 2. The van der Waals surface area contributed by atoms with E-state index < -0.39 is 59.9 Å². The summed E-state index contributed by atoms with van der Waals surface area (Å²) in [4.78, 5) is 13.1. The number of hydrogen-bond acceptors (Lipinski definition) is 10. The Kier molecular flexibility index (Phi) is 41.3. The molecule has 1 heterocycles. The van der Waals surface area contributed by atoms with Crippen molar-refractivity contribution < 1.29 is 51.8 Å². The van der Waals surface area contributed by atoms with Crippen LogP contribution in [-0.2, 0) is 28.9 Å². The van der Waals surface area contributed by atoms with Gasteiger partial charge in [-0.15, -0.1) is 0 Å². The molecule has 0 aromatic carbocycles. The number of unbranched alkanes of at least 4 members (excludes halogenated alkanes) is 31. The van der Waals surface area contributed by atoms with Crippen molar-refractivity contribution in [2.75, 3.05) is 13.2 Å². The lowest BCUT2D eigenvalue weighted by atomic mass is 9.99. The number of aliphatic hydroxyl groups excluding tert-OH is 4. The summed E-state index contributed by atoms with van der Waals surface area (Å²) in [5, 5.41) is 45.0. The van der Waals surface area contributed by atoms with Gasteiger partial charge in [0.25, 0.3) is 0 Å². The molecule has 0 bridgehead atoms. The summed E-state index contributed by atoms with van der Waals surface area (Å²) in [6, 6.07) is -0.862. The molecular formula is C53H101NO11S. The number of rotatable bonds is 47. The monoisotopic (exact) mass is 960 g/mol. The third kappa shape index (κ3) is 35.7. The summed E-state index contributed by atoms with van der Waals surface area (Å²) < 4.78 is 47.8. The van der Waals surface area contributed by atoms with Crippen LogP contribution in [0.3, 0.4) is 0 Å². The predicted molar refractivity (Wildman–Crippen MR) is 269 cm³/mol. The molecule has 1 rings (SSSR count). The van der Waals surface area contributed by atoms with Crippen molar-refractivity contribution in [2.45, 2.75) is 294 Å². The Hall–Kier alpha value is -1.42. The van der Waals surface area contributed by atoms with Gasteiger partial charge in [0, 0.05) is 6.42 Å². The summed E-state index contributed by atoms with van der Waals surface area (Å²) in [7, 11) is -5.08. The van der Waals surface area contributed by atoms with Crippen molar-refractivity contribution in [2.24, 2.45) is 0 Å². The van der Waals surface area contributed by atoms with Gasteiger partial charge in [-0.1, -0.05) is 224 Å². The van der Waals surface area contributed by atoms with Gasteiger partial charge in [0.2, 0.25) is 5.91 Å². The summed E-state index contributed by atoms with van der Waals surface area (Å²) >= 11 is 0. The molecule has 0 aromatic rings. The molecular weight excluding hydrogens is 859 g/mol. The molecule has 7 atom stereocenters. The van der Waals surface area contributed by atoms with Crippen LogP contribution >= 0.6 is 0 Å². The average molecular weight is 960 g/mol. The minimum absolute atomic E-state index is 0.235. The molecule has 1 aliphatic rings. The van der Waals surface area contributed by atoms with Crippen LogP contribution in [0.15, 0.2) is 24.3 Å². The van der Waals surface area contributed by atoms with Gasteiger partial charge >= 0.3 is 10.4 Å². The second-order valence-electron chi connectivity index (χ2n) is 19.2. The first-order chi connectivity index (χ1) is 32.0. The molecule has 13 heteroatoms. The number of allylic oxidation sites excluding steroid dienone is 4. The number of carbonyl (C=O) groups is 1. The molecule has 0 radical (unpaired) electrons. The highest BCUT2D eigenvalue weighted by molar-refractivity contribution is 7.80. The third-order valence-corrected chi connectivity index (χ3v) is 13.5. The smallest absolute Gasteiger partial charge is 0.394 e. The van der Waals surface area contributed by atoms with E-state index >= 15 is 0 Å². The lowest BCUT2D eigenvalue weighted by Gasteiger charge is -2.41. The zero-order valence-corrected chi connectivity index (χ0v) is 42.8. The summed E-state index contributed by atoms with van der Waals surface area (Å²) in [6.45, 7) is 3.45. The topological polar surface area (TPSA) is 192 Å². The lowest BCUT2D eigenvalue weighted by Crippen LogP contribution is -2.61. The number of carbonyl (C=O) groups excluding carboxylic acids is 1. The molecule has 0 aromatic heterocycles. The number of aliphatic hydroxyl groups is 4. The standard InChI is InChI=1S/C53H101NO11S/c1-3-5-7-9-11-13-15-17-19-21-22-23-24-25-27-28-30-32-34-36-38-40-42-47(56)46(45-63-53-51(59)52(65-66(60,61)62)50(58)48(44-55)64-53)54-49(57)43-41-39-37-35-33-31-29-26-20-18-16-14-12-10-8-6-4-2/h12,14,18,20,46-48,50-53,55-56,58-59H,3-11,13,15-17,19,21-45H2,1-2H3,(H,54,57)(H,60,61,62)/b14-12-,20-18-. The maximum absolute atomic E-state index is 13.1. The zero-order chi connectivity index (χ0) is 48.4. The number of amides is 1. The van der Waals surface area contributed by atoms with Crippen LogP contribution in [0.1, 0.15) is 251 Å². The fraction of sp³-hybridized carbons (Fsp3) is 0.906. The highest BCUT2D eigenvalue weighted by Gasteiger charge is 2.48. The Balaban J connectivity index is 2.39. The van der Waals surface area contributed by atoms with E-state index in [2.05, 4.69) is 47.7 Å². The minimum atomic E-state index is -5.08. The second-order valence-corrected chi connectivity index (χ2v) is 20.2. The second kappa shape index (κ2) is 43.6. The van der Waals surface area contributed by atoms with Crippen molar-refractivity contribution in [3.05, 3.63) is 24.3 Å². The highest BCUT2D eigenvalue weighted by atomic mass is 32.3. The Labute approximate surface area is 403 Å². The predicted octanol–water partition coefficient (Wildman–Crippen LogP) is 12.1. The van der Waals surface area contributed by atoms with Crippen LogP contribution in [0.5, 0.6) is 0 Å². The van der Waals surface area contributed by atoms with Crippen LogP contribution in [0, 0.1) is 0 Å². The number of hydrogen-bond donors (Lipinski definition) is 6. The van der Waals surface area contributed by atoms with Crippen LogP contribution in [0.25, 0.3) is 0 Å². The maximum atomic E-state index is 13.1. The summed E-state index contributed by atoms with van der Waals surface area (Å²) in [5.74, 6) is -0.235. The van der Waals surface area contributed by atoms with Crippen LogP contribution < -0.4 is 5.32 Å². The van der Waals surface area contributed by atoms with E-state index in [0.29, 0.717) is 12.8 Å². The fourth-order valence-electron chi connectivity index (χ4n) is 8.79. The maximum Gasteiger partial charge on any atom is 0.397 e. The van der Waals surface area contributed by atoms with Gasteiger partial charge in [-0.2, -0.15) is 8.42 Å². The van der Waals surface area contributed by atoms with Gasteiger partial charge in [-0.05, 0) is 44.9 Å². The first kappa shape index (κ1) is 62.6. The summed E-state index contributed by atoms with van der Waals surface area (Å²) in [6.07, 6.45) is 43.2. The first-order valence-electron chi connectivity index (χ1n) is 27.2. The molecule has 0 saturated carbocycles. The van der Waals surface area contributed by atoms with Crippen LogP contribution in [-0.4, -0.2) is 95.4 Å². The van der Waals surface area contributed by atoms with E-state index in [1.54, 1.807) is 0 Å². The number of nitrogens with one attached hydrogen (secondary N) is 1. The van der Waals surface area contributed by atoms with Crippen molar-refractivity contribution in [1.29, 1.82) is 0 Å². The van der Waals surface area contributed by atoms with Crippen molar-refractivity contribution >= 4 is 16.3 Å². The Morgan fingerprint density at radius 1 is 0.606 bits per heavy atom. The highest BCUT2D eigenvalue weighted by Crippen LogP contribution is 2.26. The zero-order valence-electron chi connectivity index (χ0n) is 42.0. The first-order valence-corrected chi connectivity index (χ1v) is 28.6. The fourth-order valence-corrected chi connectivity index (χ4v) is 9.29. The van der Waals surface area contributed by atoms with E-state index in [1.807, 2.05) is 0 Å². The van der Waals surface area contributed by atoms with Gasteiger partial charge in [-0.25, -0.2) is 4.18 Å². The van der Waals surface area contributed by atoms with E-state index in [4.69, 9.17) is 9.47 Å². The van der Waals surface area contributed by atoms with Gasteiger partial charge in [0.1, 0.15) is 24.4 Å². The summed E-state index contributed by atoms with van der Waals surface area (Å²) in [5.41, 5.74) is 0. The van der Waals surface area contributed by atoms with Gasteiger partial charge in [0.05, 0.1) is 25.4 Å².